The van der Waals surface area contributed by atoms with E-state index >= 15 is 0 Å². The lowest BCUT2D eigenvalue weighted by molar-refractivity contribution is -0.143. The van der Waals surface area contributed by atoms with E-state index in [1.54, 1.807) is 0 Å². The maximum Gasteiger partial charge on any atom is 0.307 e. The van der Waals surface area contributed by atoms with Crippen LogP contribution in [0.2, 0.25) is 0 Å². The fourth-order valence-electron chi connectivity index (χ4n) is 4.09. The van der Waals surface area contributed by atoms with Gasteiger partial charge in [0.1, 0.15) is 0 Å². The maximum atomic E-state index is 11.3. The van der Waals surface area contributed by atoms with Crippen LogP contribution in [0, 0.1) is 16.7 Å². The van der Waals surface area contributed by atoms with Gasteiger partial charge < -0.3 is 10.1 Å². The second-order valence-electron chi connectivity index (χ2n) is 6.67. The second-order valence-corrected chi connectivity index (χ2v) is 6.67. The van der Waals surface area contributed by atoms with E-state index in [0.29, 0.717) is 29.9 Å². The number of esters is 1. The van der Waals surface area contributed by atoms with Gasteiger partial charge in [0.2, 0.25) is 0 Å². The summed E-state index contributed by atoms with van der Waals surface area (Å²) in [6, 6.07) is 0.570. The van der Waals surface area contributed by atoms with Crippen LogP contribution >= 0.6 is 0 Å². The van der Waals surface area contributed by atoms with Gasteiger partial charge in [-0.1, -0.05) is 20.8 Å². The number of hydrogen-bond donors (Lipinski definition) is 1. The molecule has 0 unspecified atom stereocenters. The molecule has 2 bridgehead atoms. The van der Waals surface area contributed by atoms with Crippen molar-refractivity contribution in [2.24, 2.45) is 16.7 Å². The minimum Gasteiger partial charge on any atom is -0.466 e. The number of carbonyl (C=O) groups is 1. The molecule has 0 amide bonds. The normalized spacial score (nSPS) is 36.9. The number of hydrogen-bond acceptors (Lipinski definition) is 3. The van der Waals surface area contributed by atoms with E-state index in [2.05, 4.69) is 26.1 Å². The molecular weight excluding hydrogens is 226 g/mol. The first-order valence-corrected chi connectivity index (χ1v) is 7.31. The Labute approximate surface area is 111 Å². The van der Waals surface area contributed by atoms with Gasteiger partial charge in [-0.2, -0.15) is 0 Å². The van der Waals surface area contributed by atoms with Crippen molar-refractivity contribution in [3.63, 3.8) is 0 Å². The lowest BCUT2D eigenvalue weighted by atomic mass is 9.69. The van der Waals surface area contributed by atoms with Gasteiger partial charge in [0.05, 0.1) is 13.0 Å². The fraction of sp³-hybridized carbons (Fsp3) is 0.933. The van der Waals surface area contributed by atoms with E-state index in [9.17, 15) is 4.79 Å². The number of rotatable bonds is 5. The molecule has 0 aromatic carbocycles. The number of carbonyl (C=O) groups excluding carboxylic acids is 1. The fourth-order valence-corrected chi connectivity index (χ4v) is 4.09. The summed E-state index contributed by atoms with van der Waals surface area (Å²) in [5.41, 5.74) is 0.834. The minimum atomic E-state index is -0.0856. The number of ether oxygens (including phenoxy) is 1. The highest BCUT2D eigenvalue weighted by Gasteiger charge is 2.60. The van der Waals surface area contributed by atoms with Crippen molar-refractivity contribution in [2.45, 2.75) is 59.4 Å². The van der Waals surface area contributed by atoms with E-state index in [1.807, 2.05) is 6.92 Å². The molecule has 2 rings (SSSR count). The molecule has 0 aliphatic heterocycles. The number of fused-ring (bicyclic) bond motifs is 2. The first-order valence-electron chi connectivity index (χ1n) is 7.31. The Morgan fingerprint density at radius 2 is 2.11 bits per heavy atom. The van der Waals surface area contributed by atoms with Crippen LogP contribution in [0.15, 0.2) is 0 Å². The molecule has 0 aromatic rings. The molecule has 0 spiro atoms. The first-order chi connectivity index (χ1) is 8.41. The number of nitrogens with one attached hydrogen (secondary N) is 1. The third-order valence-electron chi connectivity index (χ3n) is 5.82. The maximum absolute atomic E-state index is 11.3. The SMILES string of the molecule is CCOC(=O)CCN[C@H]1C[C@H]2CC[C@@]1(C)C2(C)C. The van der Waals surface area contributed by atoms with Crippen LogP contribution in [0.3, 0.4) is 0 Å². The molecule has 3 nitrogen and oxygen atoms in total. The molecule has 2 aliphatic rings. The van der Waals surface area contributed by atoms with Gasteiger partial charge in [0, 0.05) is 12.6 Å². The van der Waals surface area contributed by atoms with Gasteiger partial charge in [-0.05, 0) is 42.9 Å². The lowest BCUT2D eigenvalue weighted by Gasteiger charge is -2.39. The van der Waals surface area contributed by atoms with Gasteiger partial charge in [0.25, 0.3) is 0 Å². The Hall–Kier alpha value is -0.570. The molecule has 3 heteroatoms. The highest BCUT2D eigenvalue weighted by atomic mass is 16.5. The highest BCUT2D eigenvalue weighted by Crippen LogP contribution is 2.65. The zero-order valence-corrected chi connectivity index (χ0v) is 12.2. The summed E-state index contributed by atoms with van der Waals surface area (Å²) in [7, 11) is 0. The van der Waals surface area contributed by atoms with Crippen molar-refractivity contribution in [3.05, 3.63) is 0 Å². The zero-order valence-electron chi connectivity index (χ0n) is 12.2. The van der Waals surface area contributed by atoms with Crippen LogP contribution in [0.1, 0.15) is 53.4 Å². The Kier molecular flexibility index (Phi) is 3.72. The lowest BCUT2D eigenvalue weighted by Crippen LogP contribution is -2.45. The predicted octanol–water partition coefficient (Wildman–Crippen LogP) is 2.74. The van der Waals surface area contributed by atoms with E-state index < -0.39 is 0 Å². The summed E-state index contributed by atoms with van der Waals surface area (Å²) in [6.45, 7) is 10.3. The van der Waals surface area contributed by atoms with Gasteiger partial charge in [-0.3, -0.25) is 4.79 Å². The van der Waals surface area contributed by atoms with Gasteiger partial charge in [0.15, 0.2) is 0 Å². The topological polar surface area (TPSA) is 38.3 Å². The van der Waals surface area contributed by atoms with Crippen LogP contribution < -0.4 is 5.32 Å². The summed E-state index contributed by atoms with van der Waals surface area (Å²) < 4.78 is 4.96. The van der Waals surface area contributed by atoms with Crippen molar-refractivity contribution in [1.82, 2.24) is 5.32 Å². The summed E-state index contributed by atoms with van der Waals surface area (Å²) in [5.74, 6) is 0.764. The van der Waals surface area contributed by atoms with E-state index in [0.717, 1.165) is 12.5 Å². The Balaban J connectivity index is 1.84. The summed E-state index contributed by atoms with van der Waals surface area (Å²) in [4.78, 5) is 11.3. The van der Waals surface area contributed by atoms with E-state index in [1.165, 1.54) is 19.3 Å². The molecule has 2 aliphatic carbocycles. The van der Waals surface area contributed by atoms with Crippen LogP contribution in [0.4, 0.5) is 0 Å². The second kappa shape index (κ2) is 4.84. The van der Waals surface area contributed by atoms with E-state index in [4.69, 9.17) is 4.74 Å². The summed E-state index contributed by atoms with van der Waals surface area (Å²) in [5, 5.41) is 3.60. The molecular formula is C15H27NO2. The van der Waals surface area contributed by atoms with Gasteiger partial charge >= 0.3 is 5.97 Å². The summed E-state index contributed by atoms with van der Waals surface area (Å²) in [6.07, 6.45) is 4.46. The Bertz CT molecular complexity index is 326. The van der Waals surface area contributed by atoms with Crippen LogP contribution in [0.25, 0.3) is 0 Å². The van der Waals surface area contributed by atoms with Crippen LogP contribution in [0.5, 0.6) is 0 Å². The molecule has 0 aromatic heterocycles. The molecule has 1 N–H and O–H groups in total. The molecule has 2 fully saturated rings. The third-order valence-corrected chi connectivity index (χ3v) is 5.82. The highest BCUT2D eigenvalue weighted by molar-refractivity contribution is 5.69. The molecule has 18 heavy (non-hydrogen) atoms. The van der Waals surface area contributed by atoms with Crippen molar-refractivity contribution < 1.29 is 9.53 Å². The molecule has 0 saturated heterocycles. The summed E-state index contributed by atoms with van der Waals surface area (Å²) >= 11 is 0. The van der Waals surface area contributed by atoms with Crippen molar-refractivity contribution in [3.8, 4) is 0 Å². The average Bonchev–Trinajstić information content (AvgIpc) is 2.62. The monoisotopic (exact) mass is 253 g/mol. The van der Waals surface area contributed by atoms with Gasteiger partial charge in [-0.25, -0.2) is 0 Å². The molecule has 2 saturated carbocycles. The van der Waals surface area contributed by atoms with Crippen molar-refractivity contribution in [2.75, 3.05) is 13.2 Å². The van der Waals surface area contributed by atoms with Crippen molar-refractivity contribution >= 4 is 5.97 Å². The first kappa shape index (κ1) is 13.9. The van der Waals surface area contributed by atoms with Gasteiger partial charge in [-0.15, -0.1) is 0 Å². The van der Waals surface area contributed by atoms with Crippen molar-refractivity contribution in [1.29, 1.82) is 0 Å². The molecule has 3 atom stereocenters. The molecule has 0 heterocycles. The quantitative estimate of drug-likeness (QED) is 0.766. The Morgan fingerprint density at radius 3 is 2.61 bits per heavy atom. The largest absolute Gasteiger partial charge is 0.466 e. The Morgan fingerprint density at radius 1 is 1.39 bits per heavy atom. The predicted molar refractivity (Wildman–Crippen MR) is 72.3 cm³/mol. The molecule has 0 radical (unpaired) electrons. The zero-order chi connectivity index (χ0) is 13.4. The third kappa shape index (κ3) is 2.07. The van der Waals surface area contributed by atoms with Crippen LogP contribution in [-0.4, -0.2) is 25.2 Å². The van der Waals surface area contributed by atoms with E-state index in [-0.39, 0.29) is 5.97 Å². The minimum absolute atomic E-state index is 0.0856. The van der Waals surface area contributed by atoms with Crippen LogP contribution in [-0.2, 0) is 9.53 Å². The standard InChI is InChI=1S/C15H27NO2/c1-5-18-13(17)7-9-16-12-10-11-6-8-15(12,4)14(11,2)3/h11-12,16H,5-10H2,1-4H3/t11-,12+,15-/m1/s1. The average molecular weight is 253 g/mol. The molecule has 104 valence electrons. The smallest absolute Gasteiger partial charge is 0.307 e.